The first-order valence-electron chi connectivity index (χ1n) is 8.38. The number of hydrogen-bond donors (Lipinski definition) is 1. The van der Waals surface area contributed by atoms with E-state index in [9.17, 15) is 0 Å². The molecule has 0 aromatic carbocycles. The summed E-state index contributed by atoms with van der Waals surface area (Å²) in [6.07, 6.45) is 5.37. The van der Waals surface area contributed by atoms with Gasteiger partial charge in [-0.1, -0.05) is 27.7 Å². The van der Waals surface area contributed by atoms with Crippen molar-refractivity contribution in [2.45, 2.75) is 84.3 Å². The van der Waals surface area contributed by atoms with Gasteiger partial charge < -0.3 is 5.32 Å². The minimum atomic E-state index is 0.358. The van der Waals surface area contributed by atoms with Crippen LogP contribution >= 0.6 is 0 Å². The summed E-state index contributed by atoms with van der Waals surface area (Å²) in [5.41, 5.74) is 0.726. The van der Waals surface area contributed by atoms with E-state index < -0.39 is 0 Å². The minimum absolute atomic E-state index is 0.358. The van der Waals surface area contributed by atoms with Crippen LogP contribution in [-0.2, 0) is 0 Å². The van der Waals surface area contributed by atoms with Crippen LogP contribution in [0, 0.1) is 11.8 Å². The molecule has 19 heavy (non-hydrogen) atoms. The normalized spacial score (nSPS) is 33.9. The molecular formula is C17H34N2. The van der Waals surface area contributed by atoms with Gasteiger partial charge in [-0.05, 0) is 51.4 Å². The molecule has 2 atom stereocenters. The molecule has 2 nitrogen and oxygen atoms in total. The fourth-order valence-electron chi connectivity index (χ4n) is 3.81. The monoisotopic (exact) mass is 266 g/mol. The lowest BCUT2D eigenvalue weighted by Crippen LogP contribution is -2.69. The molecule has 2 rings (SSSR count). The fraction of sp³-hybridized carbons (Fsp3) is 1.00. The number of nitrogens with zero attached hydrogens (tertiary/aromatic N) is 1. The third kappa shape index (κ3) is 2.85. The summed E-state index contributed by atoms with van der Waals surface area (Å²) in [6, 6.07) is 0.691. The second-order valence-corrected chi connectivity index (χ2v) is 7.72. The molecule has 2 aliphatic rings. The molecule has 0 radical (unpaired) electrons. The number of hydrogen-bond acceptors (Lipinski definition) is 2. The van der Waals surface area contributed by atoms with Crippen molar-refractivity contribution in [3.05, 3.63) is 0 Å². The van der Waals surface area contributed by atoms with Gasteiger partial charge in [0.2, 0.25) is 0 Å². The molecule has 2 heteroatoms. The molecule has 1 aliphatic carbocycles. The minimum Gasteiger partial charge on any atom is -0.308 e. The summed E-state index contributed by atoms with van der Waals surface area (Å²) < 4.78 is 0. The quantitative estimate of drug-likeness (QED) is 0.817. The standard InChI is InChI=1S/C17H34N2/c1-7-16(5,8-2)19-12-17(6,14-9-10-14)18-11-15(19)13(3)4/h13-15,18H,7-12H2,1-6H3. The zero-order chi connectivity index (χ0) is 14.3. The fourth-order valence-corrected chi connectivity index (χ4v) is 3.81. The van der Waals surface area contributed by atoms with Crippen LogP contribution in [0.4, 0.5) is 0 Å². The Morgan fingerprint density at radius 1 is 1.26 bits per heavy atom. The number of nitrogens with one attached hydrogen (secondary N) is 1. The van der Waals surface area contributed by atoms with Crippen molar-refractivity contribution < 1.29 is 0 Å². The highest BCUT2D eigenvalue weighted by molar-refractivity contribution is 5.07. The maximum absolute atomic E-state index is 3.90. The van der Waals surface area contributed by atoms with Crippen molar-refractivity contribution in [3.63, 3.8) is 0 Å². The molecule has 0 aromatic heterocycles. The van der Waals surface area contributed by atoms with Gasteiger partial charge >= 0.3 is 0 Å². The summed E-state index contributed by atoms with van der Waals surface area (Å²) in [5.74, 6) is 1.65. The molecule has 1 saturated carbocycles. The van der Waals surface area contributed by atoms with Crippen LogP contribution in [0.25, 0.3) is 0 Å². The van der Waals surface area contributed by atoms with Crippen LogP contribution in [0.1, 0.15) is 67.2 Å². The Balaban J connectivity index is 2.21. The highest BCUT2D eigenvalue weighted by Gasteiger charge is 2.49. The number of piperazine rings is 1. The Hall–Kier alpha value is -0.0800. The predicted octanol–water partition coefficient (Wildman–Crippen LogP) is 3.66. The van der Waals surface area contributed by atoms with Crippen LogP contribution in [0.15, 0.2) is 0 Å². The molecule has 112 valence electrons. The molecule has 2 unspecified atom stereocenters. The van der Waals surface area contributed by atoms with Gasteiger partial charge in [0, 0.05) is 30.2 Å². The Kier molecular flexibility index (Phi) is 4.32. The van der Waals surface area contributed by atoms with E-state index in [2.05, 4.69) is 51.8 Å². The Labute approximate surface area is 120 Å². The largest absolute Gasteiger partial charge is 0.308 e. The van der Waals surface area contributed by atoms with Crippen LogP contribution in [-0.4, -0.2) is 35.1 Å². The summed E-state index contributed by atoms with van der Waals surface area (Å²) in [6.45, 7) is 16.8. The van der Waals surface area contributed by atoms with Gasteiger partial charge in [0.25, 0.3) is 0 Å². The van der Waals surface area contributed by atoms with Crippen LogP contribution < -0.4 is 5.32 Å². The van der Waals surface area contributed by atoms with Crippen molar-refractivity contribution in [1.82, 2.24) is 10.2 Å². The average Bonchev–Trinajstić information content (AvgIpc) is 3.22. The van der Waals surface area contributed by atoms with Crippen molar-refractivity contribution in [3.8, 4) is 0 Å². The molecule has 1 saturated heterocycles. The lowest BCUT2D eigenvalue weighted by Gasteiger charge is -2.55. The molecule has 1 N–H and O–H groups in total. The van der Waals surface area contributed by atoms with Crippen LogP contribution in [0.2, 0.25) is 0 Å². The molecule has 1 heterocycles. The maximum atomic E-state index is 3.90. The van der Waals surface area contributed by atoms with Crippen LogP contribution in [0.5, 0.6) is 0 Å². The van der Waals surface area contributed by atoms with E-state index in [1.54, 1.807) is 0 Å². The van der Waals surface area contributed by atoms with E-state index in [1.165, 1.54) is 38.8 Å². The summed E-state index contributed by atoms with van der Waals surface area (Å²) in [4.78, 5) is 2.85. The Morgan fingerprint density at radius 3 is 2.26 bits per heavy atom. The third-order valence-corrected chi connectivity index (χ3v) is 6.08. The second-order valence-electron chi connectivity index (χ2n) is 7.72. The van der Waals surface area contributed by atoms with Crippen molar-refractivity contribution in [1.29, 1.82) is 0 Å². The first-order chi connectivity index (χ1) is 8.86. The van der Waals surface area contributed by atoms with Crippen molar-refractivity contribution in [2.75, 3.05) is 13.1 Å². The SMILES string of the molecule is CCC(C)(CC)N1CC(C)(C2CC2)NCC1C(C)C. The first kappa shape index (κ1) is 15.3. The molecular weight excluding hydrogens is 232 g/mol. The van der Waals surface area contributed by atoms with E-state index in [-0.39, 0.29) is 0 Å². The highest BCUT2D eigenvalue weighted by Crippen LogP contribution is 2.43. The van der Waals surface area contributed by atoms with E-state index >= 15 is 0 Å². The smallest absolute Gasteiger partial charge is 0.0309 e. The van der Waals surface area contributed by atoms with E-state index in [0.29, 0.717) is 17.1 Å². The predicted molar refractivity (Wildman–Crippen MR) is 83.5 cm³/mol. The van der Waals surface area contributed by atoms with E-state index in [0.717, 1.165) is 11.8 Å². The van der Waals surface area contributed by atoms with Gasteiger partial charge in [0.15, 0.2) is 0 Å². The topological polar surface area (TPSA) is 15.3 Å². The molecule has 0 amide bonds. The lowest BCUT2D eigenvalue weighted by atomic mass is 9.82. The van der Waals surface area contributed by atoms with E-state index in [4.69, 9.17) is 0 Å². The highest BCUT2D eigenvalue weighted by atomic mass is 15.3. The van der Waals surface area contributed by atoms with Gasteiger partial charge in [-0.3, -0.25) is 4.90 Å². The second kappa shape index (κ2) is 5.37. The van der Waals surface area contributed by atoms with Crippen molar-refractivity contribution >= 4 is 0 Å². The van der Waals surface area contributed by atoms with Gasteiger partial charge in [-0.25, -0.2) is 0 Å². The van der Waals surface area contributed by atoms with Crippen LogP contribution in [0.3, 0.4) is 0 Å². The van der Waals surface area contributed by atoms with Gasteiger partial charge in [-0.15, -0.1) is 0 Å². The van der Waals surface area contributed by atoms with Crippen molar-refractivity contribution in [2.24, 2.45) is 11.8 Å². The summed E-state index contributed by atoms with van der Waals surface area (Å²) >= 11 is 0. The molecule has 0 spiro atoms. The zero-order valence-corrected chi connectivity index (χ0v) is 13.9. The van der Waals surface area contributed by atoms with Gasteiger partial charge in [-0.2, -0.15) is 0 Å². The molecule has 1 aliphatic heterocycles. The first-order valence-corrected chi connectivity index (χ1v) is 8.38. The Bertz CT molecular complexity index is 304. The lowest BCUT2D eigenvalue weighted by molar-refractivity contribution is -0.0312. The van der Waals surface area contributed by atoms with Gasteiger partial charge in [0.05, 0.1) is 0 Å². The molecule has 0 bridgehead atoms. The van der Waals surface area contributed by atoms with Gasteiger partial charge in [0.1, 0.15) is 0 Å². The summed E-state index contributed by atoms with van der Waals surface area (Å²) in [5, 5.41) is 3.90. The van der Waals surface area contributed by atoms with E-state index in [1.807, 2.05) is 0 Å². The average molecular weight is 266 g/mol. The third-order valence-electron chi connectivity index (χ3n) is 6.08. The summed E-state index contributed by atoms with van der Waals surface area (Å²) in [7, 11) is 0. The number of rotatable bonds is 5. The molecule has 0 aromatic rings. The Morgan fingerprint density at radius 2 is 1.84 bits per heavy atom. The molecule has 2 fully saturated rings. The zero-order valence-electron chi connectivity index (χ0n) is 13.9. The maximum Gasteiger partial charge on any atom is 0.0309 e.